The summed E-state index contributed by atoms with van der Waals surface area (Å²) in [6.07, 6.45) is 7.09. The predicted octanol–water partition coefficient (Wildman–Crippen LogP) is 1.93. The van der Waals surface area contributed by atoms with E-state index in [1.807, 2.05) is 36.4 Å². The molecule has 4 heterocycles. The van der Waals surface area contributed by atoms with Crippen LogP contribution in [-0.2, 0) is 0 Å². The lowest BCUT2D eigenvalue weighted by Crippen LogP contribution is -1.80. The van der Waals surface area contributed by atoms with E-state index in [0.29, 0.717) is 0 Å². The Morgan fingerprint density at radius 2 is 0.824 bits per heavy atom. The van der Waals surface area contributed by atoms with E-state index < -0.39 is 0 Å². The first kappa shape index (κ1) is 25.8. The van der Waals surface area contributed by atoms with Gasteiger partial charge in [-0.2, -0.15) is 0 Å². The Morgan fingerprint density at radius 1 is 0.441 bits per heavy atom. The predicted molar refractivity (Wildman–Crippen MR) is 132 cm³/mol. The molecular formula is C24H24N6O4. The molecule has 174 valence electrons. The molecule has 10 N–H and O–H groups in total. The minimum atomic E-state index is 0. The summed E-state index contributed by atoms with van der Waals surface area (Å²) < 4.78 is 0. The van der Waals surface area contributed by atoms with Crippen molar-refractivity contribution in [2.24, 2.45) is 0 Å². The van der Waals surface area contributed by atoms with Crippen LogP contribution in [0, 0.1) is 0 Å². The van der Waals surface area contributed by atoms with Crippen molar-refractivity contribution in [2.75, 3.05) is 0 Å². The van der Waals surface area contributed by atoms with Crippen molar-refractivity contribution < 1.29 is 21.9 Å². The molecule has 6 rings (SSSR count). The minimum absolute atomic E-state index is 0. The number of nitrogens with zero attached hydrogens (tertiary/aromatic N) is 4. The average Bonchev–Trinajstić information content (AvgIpc) is 3.43. The van der Waals surface area contributed by atoms with Gasteiger partial charge in [0, 0.05) is 35.9 Å². The Hall–Kier alpha value is -4.48. The van der Waals surface area contributed by atoms with Crippen LogP contribution in [0.1, 0.15) is 0 Å². The number of aromatic nitrogens is 6. The van der Waals surface area contributed by atoms with Gasteiger partial charge in [0.25, 0.3) is 0 Å². The molecule has 0 fully saturated rings. The van der Waals surface area contributed by atoms with E-state index >= 15 is 0 Å². The van der Waals surface area contributed by atoms with E-state index in [4.69, 9.17) is 9.97 Å². The summed E-state index contributed by atoms with van der Waals surface area (Å²) in [6, 6.07) is 20.4. The molecule has 34 heavy (non-hydrogen) atoms. The quantitative estimate of drug-likeness (QED) is 0.405. The van der Waals surface area contributed by atoms with Gasteiger partial charge in [0.05, 0.1) is 22.1 Å². The molecule has 0 spiro atoms. The number of aromatic amines is 2. The number of nitrogens with one attached hydrogen (secondary N) is 2. The van der Waals surface area contributed by atoms with Crippen molar-refractivity contribution in [3.8, 4) is 33.9 Å². The summed E-state index contributed by atoms with van der Waals surface area (Å²) in [5.41, 5.74) is 8.16. The van der Waals surface area contributed by atoms with Crippen LogP contribution in [0.5, 0.6) is 0 Å². The average molecular weight is 460 g/mol. The normalized spacial score (nSPS) is 10.0. The Kier molecular flexibility index (Phi) is 7.90. The lowest BCUT2D eigenvalue weighted by molar-refractivity contribution is 0.823. The largest absolute Gasteiger partial charge is 0.412 e. The number of benzene rings is 2. The van der Waals surface area contributed by atoms with Crippen LogP contribution in [0.2, 0.25) is 0 Å². The van der Waals surface area contributed by atoms with Crippen molar-refractivity contribution in [3.05, 3.63) is 85.5 Å². The summed E-state index contributed by atoms with van der Waals surface area (Å²) >= 11 is 0. The summed E-state index contributed by atoms with van der Waals surface area (Å²) in [4.78, 5) is 24.4. The molecule has 0 saturated heterocycles. The number of hydrogen-bond donors (Lipinski definition) is 2. The maximum Gasteiger partial charge on any atom is 0.138 e. The second-order valence-corrected chi connectivity index (χ2v) is 7.11. The molecule has 0 unspecified atom stereocenters. The first-order valence-electron chi connectivity index (χ1n) is 9.64. The fourth-order valence-electron chi connectivity index (χ4n) is 3.67. The van der Waals surface area contributed by atoms with Gasteiger partial charge in [0.2, 0.25) is 0 Å². The highest BCUT2D eigenvalue weighted by Crippen LogP contribution is 2.29. The first-order valence-corrected chi connectivity index (χ1v) is 9.64. The molecule has 10 nitrogen and oxygen atoms in total. The van der Waals surface area contributed by atoms with Crippen molar-refractivity contribution in [1.29, 1.82) is 0 Å². The Bertz CT molecular complexity index is 1380. The zero-order valence-corrected chi connectivity index (χ0v) is 17.9. The fraction of sp³-hybridized carbons (Fsp3) is 0. The van der Waals surface area contributed by atoms with Crippen LogP contribution in [0.4, 0.5) is 0 Å². The van der Waals surface area contributed by atoms with Gasteiger partial charge < -0.3 is 31.9 Å². The van der Waals surface area contributed by atoms with E-state index in [0.717, 1.165) is 56.0 Å². The molecular weight excluding hydrogens is 436 g/mol. The van der Waals surface area contributed by atoms with Gasteiger partial charge in [0.1, 0.15) is 11.6 Å². The summed E-state index contributed by atoms with van der Waals surface area (Å²) in [6.45, 7) is 0. The Labute approximate surface area is 193 Å². The van der Waals surface area contributed by atoms with Gasteiger partial charge in [0.15, 0.2) is 0 Å². The van der Waals surface area contributed by atoms with Crippen LogP contribution in [0.15, 0.2) is 85.5 Å². The lowest BCUT2D eigenvalue weighted by atomic mass is 10.0. The fourth-order valence-corrected chi connectivity index (χ4v) is 3.67. The molecule has 4 aromatic heterocycles. The monoisotopic (exact) mass is 460 g/mol. The lowest BCUT2D eigenvalue weighted by Gasteiger charge is -2.01. The Balaban J connectivity index is 0.00000102. The van der Waals surface area contributed by atoms with E-state index in [2.05, 4.69) is 44.2 Å². The molecule has 6 aromatic rings. The highest BCUT2D eigenvalue weighted by Gasteiger charge is 2.09. The third-order valence-corrected chi connectivity index (χ3v) is 5.20. The number of fused-ring (bicyclic) bond motifs is 2. The topological polar surface area (TPSA) is 209 Å². The van der Waals surface area contributed by atoms with Gasteiger partial charge in [-0.15, -0.1) is 0 Å². The molecule has 2 aromatic carbocycles. The van der Waals surface area contributed by atoms with Crippen molar-refractivity contribution in [1.82, 2.24) is 29.9 Å². The van der Waals surface area contributed by atoms with E-state index in [1.54, 1.807) is 24.8 Å². The van der Waals surface area contributed by atoms with Crippen LogP contribution in [0.25, 0.3) is 56.0 Å². The standard InChI is InChI=1S/C24H16N6.4H2O/c1-3-19-21(29-23(27-19)15-5-9-25-10-6-15)13-17(1)18-2-4-20-22(14-18)30-24(28-20)16-7-11-26-12-8-16;;;;/h1-14H,(H,27,29)(H,28,30);4*1H2. The number of imidazole rings is 2. The van der Waals surface area contributed by atoms with Gasteiger partial charge in [-0.3, -0.25) is 9.97 Å². The van der Waals surface area contributed by atoms with Crippen molar-refractivity contribution >= 4 is 22.1 Å². The second-order valence-electron chi connectivity index (χ2n) is 7.11. The van der Waals surface area contributed by atoms with E-state index in [1.165, 1.54) is 0 Å². The van der Waals surface area contributed by atoms with Crippen LogP contribution in [-0.4, -0.2) is 51.8 Å². The third-order valence-electron chi connectivity index (χ3n) is 5.20. The van der Waals surface area contributed by atoms with Crippen molar-refractivity contribution in [2.45, 2.75) is 0 Å². The first-order chi connectivity index (χ1) is 14.8. The smallest absolute Gasteiger partial charge is 0.138 e. The maximum absolute atomic E-state index is 4.70. The van der Waals surface area contributed by atoms with Gasteiger partial charge in [-0.05, 0) is 59.7 Å². The van der Waals surface area contributed by atoms with Crippen molar-refractivity contribution in [3.63, 3.8) is 0 Å². The minimum Gasteiger partial charge on any atom is -0.412 e. The van der Waals surface area contributed by atoms with Crippen LogP contribution >= 0.6 is 0 Å². The Morgan fingerprint density at radius 3 is 1.21 bits per heavy atom. The third kappa shape index (κ3) is 4.51. The van der Waals surface area contributed by atoms with Gasteiger partial charge >= 0.3 is 0 Å². The highest BCUT2D eigenvalue weighted by atomic mass is 16.0. The molecule has 0 aliphatic heterocycles. The maximum atomic E-state index is 4.70. The van der Waals surface area contributed by atoms with E-state index in [9.17, 15) is 0 Å². The molecule has 0 radical (unpaired) electrons. The number of H-pyrrole nitrogens is 2. The van der Waals surface area contributed by atoms with E-state index in [-0.39, 0.29) is 21.9 Å². The van der Waals surface area contributed by atoms with Gasteiger partial charge in [-0.1, -0.05) is 12.1 Å². The zero-order chi connectivity index (χ0) is 19.9. The number of hydrogen-bond acceptors (Lipinski definition) is 4. The molecule has 0 saturated carbocycles. The van der Waals surface area contributed by atoms with Gasteiger partial charge in [-0.25, -0.2) is 9.97 Å². The highest BCUT2D eigenvalue weighted by molar-refractivity contribution is 5.88. The molecule has 0 atom stereocenters. The number of pyridine rings is 2. The molecule has 10 heteroatoms. The SMILES string of the molecule is O.O.O.O.c1cc(-c2nc3ccc(-c4ccc5nc(-c6ccncc6)[nH]c5c4)cc3[nH]2)ccn1. The molecule has 0 bridgehead atoms. The number of rotatable bonds is 3. The molecule has 0 aliphatic carbocycles. The summed E-state index contributed by atoms with van der Waals surface area (Å²) in [5.74, 6) is 1.69. The molecule has 0 amide bonds. The van der Waals surface area contributed by atoms with Crippen LogP contribution < -0.4 is 0 Å². The second kappa shape index (κ2) is 10.4. The summed E-state index contributed by atoms with van der Waals surface area (Å²) in [5, 5.41) is 0. The zero-order valence-electron chi connectivity index (χ0n) is 17.9. The summed E-state index contributed by atoms with van der Waals surface area (Å²) in [7, 11) is 0. The van der Waals surface area contributed by atoms with Crippen LogP contribution in [0.3, 0.4) is 0 Å². The molecule has 0 aliphatic rings.